The number of carbonyl (C=O) groups is 2. The summed E-state index contributed by atoms with van der Waals surface area (Å²) in [7, 11) is 0. The largest absolute Gasteiger partial charge is 0.348 e. The molecule has 0 aliphatic carbocycles. The Hall–Kier alpha value is -1.98. The van der Waals surface area contributed by atoms with Gasteiger partial charge in [-0.25, -0.2) is 9.97 Å². The summed E-state index contributed by atoms with van der Waals surface area (Å²) in [5, 5.41) is 4.79. The lowest BCUT2D eigenvalue weighted by Gasteiger charge is -2.06. The molecule has 1 aromatic heterocycles. The van der Waals surface area contributed by atoms with Crippen LogP contribution in [0.15, 0.2) is 18.5 Å². The summed E-state index contributed by atoms with van der Waals surface area (Å²) in [6, 6.07) is 1.62. The van der Waals surface area contributed by atoms with Crippen molar-refractivity contribution < 1.29 is 9.59 Å². The second kappa shape index (κ2) is 5.79. The van der Waals surface area contributed by atoms with Crippen molar-refractivity contribution in [2.24, 2.45) is 5.92 Å². The summed E-state index contributed by atoms with van der Waals surface area (Å²) in [5.74, 6) is -1.02. The molecule has 0 atom stereocenters. The summed E-state index contributed by atoms with van der Waals surface area (Å²) in [6.45, 7) is 4.35. The molecule has 0 fully saturated rings. The van der Waals surface area contributed by atoms with E-state index < -0.39 is 11.8 Å². The molecule has 2 N–H and O–H groups in total. The maximum atomic E-state index is 11.3. The van der Waals surface area contributed by atoms with Crippen molar-refractivity contribution in [2.45, 2.75) is 13.8 Å². The van der Waals surface area contributed by atoms with E-state index in [4.69, 9.17) is 0 Å². The Balaban J connectivity index is 2.44. The Morgan fingerprint density at radius 1 is 1.25 bits per heavy atom. The van der Waals surface area contributed by atoms with Crippen molar-refractivity contribution in [3.05, 3.63) is 18.5 Å². The molecular formula is C10H14N4O2. The third-order valence-corrected chi connectivity index (χ3v) is 1.67. The highest BCUT2D eigenvalue weighted by molar-refractivity contribution is 6.39. The van der Waals surface area contributed by atoms with Crippen LogP contribution in [0.4, 0.5) is 5.95 Å². The van der Waals surface area contributed by atoms with Gasteiger partial charge in [-0.3, -0.25) is 14.9 Å². The van der Waals surface area contributed by atoms with E-state index in [2.05, 4.69) is 20.6 Å². The third-order valence-electron chi connectivity index (χ3n) is 1.67. The van der Waals surface area contributed by atoms with E-state index in [-0.39, 0.29) is 5.95 Å². The first-order chi connectivity index (χ1) is 7.59. The topological polar surface area (TPSA) is 84.0 Å². The van der Waals surface area contributed by atoms with Gasteiger partial charge in [0.25, 0.3) is 0 Å². The van der Waals surface area contributed by atoms with E-state index in [9.17, 15) is 9.59 Å². The lowest BCUT2D eigenvalue weighted by atomic mass is 10.2. The zero-order valence-corrected chi connectivity index (χ0v) is 9.23. The van der Waals surface area contributed by atoms with Crippen molar-refractivity contribution >= 4 is 17.8 Å². The summed E-state index contributed by atoms with van der Waals surface area (Å²) in [5.41, 5.74) is 0. The van der Waals surface area contributed by atoms with Crippen molar-refractivity contribution in [3.63, 3.8) is 0 Å². The van der Waals surface area contributed by atoms with Crippen molar-refractivity contribution in [2.75, 3.05) is 11.9 Å². The first kappa shape index (κ1) is 12.1. The highest BCUT2D eigenvalue weighted by Crippen LogP contribution is 1.93. The average Bonchev–Trinajstić information content (AvgIpc) is 2.27. The van der Waals surface area contributed by atoms with Crippen LogP contribution >= 0.6 is 0 Å². The minimum Gasteiger partial charge on any atom is -0.348 e. The lowest BCUT2D eigenvalue weighted by Crippen LogP contribution is -2.37. The number of aromatic nitrogens is 2. The minimum absolute atomic E-state index is 0.118. The first-order valence-corrected chi connectivity index (χ1v) is 4.96. The SMILES string of the molecule is CC(C)CNC(=O)C(=O)Nc1ncccn1. The van der Waals surface area contributed by atoms with Gasteiger partial charge in [-0.2, -0.15) is 0 Å². The van der Waals surface area contributed by atoms with Crippen LogP contribution in [0, 0.1) is 5.92 Å². The van der Waals surface area contributed by atoms with Gasteiger partial charge >= 0.3 is 11.8 Å². The maximum absolute atomic E-state index is 11.3. The standard InChI is InChI=1S/C10H14N4O2/c1-7(2)6-13-8(15)9(16)14-10-11-4-3-5-12-10/h3-5,7H,6H2,1-2H3,(H,13,15)(H,11,12,14,16). The van der Waals surface area contributed by atoms with Crippen LogP contribution in [-0.2, 0) is 9.59 Å². The number of hydrogen-bond acceptors (Lipinski definition) is 4. The van der Waals surface area contributed by atoms with E-state index >= 15 is 0 Å². The molecule has 0 unspecified atom stereocenters. The summed E-state index contributed by atoms with van der Waals surface area (Å²) in [4.78, 5) is 30.1. The van der Waals surface area contributed by atoms with Gasteiger partial charge in [0.1, 0.15) is 0 Å². The van der Waals surface area contributed by atoms with Gasteiger partial charge in [0, 0.05) is 18.9 Å². The molecule has 1 aromatic rings. The van der Waals surface area contributed by atoms with Gasteiger partial charge < -0.3 is 5.32 Å². The van der Waals surface area contributed by atoms with Crippen molar-refractivity contribution in [1.29, 1.82) is 0 Å². The van der Waals surface area contributed by atoms with E-state index in [1.54, 1.807) is 6.07 Å². The molecule has 16 heavy (non-hydrogen) atoms. The smallest absolute Gasteiger partial charge is 0.316 e. The highest BCUT2D eigenvalue weighted by atomic mass is 16.2. The summed E-state index contributed by atoms with van der Waals surface area (Å²) in [6.07, 6.45) is 2.96. The number of anilines is 1. The molecule has 0 saturated carbocycles. The van der Waals surface area contributed by atoms with Crippen LogP contribution in [0.1, 0.15) is 13.8 Å². The van der Waals surface area contributed by atoms with Gasteiger partial charge in [-0.15, -0.1) is 0 Å². The van der Waals surface area contributed by atoms with Gasteiger partial charge in [-0.1, -0.05) is 13.8 Å². The minimum atomic E-state index is -0.758. The normalized spacial score (nSPS) is 9.94. The van der Waals surface area contributed by atoms with Gasteiger partial charge in [0.05, 0.1) is 0 Å². The second-order valence-corrected chi connectivity index (χ2v) is 3.63. The second-order valence-electron chi connectivity index (χ2n) is 3.63. The molecule has 0 spiro atoms. The maximum Gasteiger partial charge on any atom is 0.316 e. The molecule has 0 aromatic carbocycles. The van der Waals surface area contributed by atoms with Crippen LogP contribution in [0.25, 0.3) is 0 Å². The average molecular weight is 222 g/mol. The molecule has 0 aliphatic heterocycles. The molecule has 1 heterocycles. The number of carbonyl (C=O) groups excluding carboxylic acids is 2. The lowest BCUT2D eigenvalue weighted by molar-refractivity contribution is -0.136. The fourth-order valence-electron chi connectivity index (χ4n) is 0.899. The number of rotatable bonds is 3. The van der Waals surface area contributed by atoms with Crippen molar-refractivity contribution in [1.82, 2.24) is 15.3 Å². The van der Waals surface area contributed by atoms with Crippen LogP contribution in [0.5, 0.6) is 0 Å². The molecule has 86 valence electrons. The number of nitrogens with one attached hydrogen (secondary N) is 2. The molecular weight excluding hydrogens is 208 g/mol. The molecule has 1 rings (SSSR count). The fraction of sp³-hybridized carbons (Fsp3) is 0.400. The van der Waals surface area contributed by atoms with Gasteiger partial charge in [-0.05, 0) is 12.0 Å². The number of amides is 2. The van der Waals surface area contributed by atoms with E-state index in [0.717, 1.165) is 0 Å². The zero-order chi connectivity index (χ0) is 12.0. The Bertz CT molecular complexity index is 364. The van der Waals surface area contributed by atoms with Crippen molar-refractivity contribution in [3.8, 4) is 0 Å². The van der Waals surface area contributed by atoms with Crippen LogP contribution in [-0.4, -0.2) is 28.3 Å². The van der Waals surface area contributed by atoms with Crippen LogP contribution < -0.4 is 10.6 Å². The van der Waals surface area contributed by atoms with Crippen LogP contribution in [0.3, 0.4) is 0 Å². The molecule has 6 nitrogen and oxygen atoms in total. The molecule has 2 amide bonds. The molecule has 0 aliphatic rings. The van der Waals surface area contributed by atoms with Crippen LogP contribution in [0.2, 0.25) is 0 Å². The Labute approximate surface area is 93.5 Å². The molecule has 0 radical (unpaired) electrons. The quantitative estimate of drug-likeness (QED) is 0.715. The predicted octanol–water partition coefficient (Wildman–Crippen LogP) is 0.187. The third kappa shape index (κ3) is 4.04. The Morgan fingerprint density at radius 3 is 2.44 bits per heavy atom. The summed E-state index contributed by atoms with van der Waals surface area (Å²) >= 11 is 0. The number of hydrogen-bond donors (Lipinski definition) is 2. The monoisotopic (exact) mass is 222 g/mol. The van der Waals surface area contributed by atoms with Gasteiger partial charge in [0.2, 0.25) is 5.95 Å². The number of nitrogens with zero attached hydrogens (tertiary/aromatic N) is 2. The predicted molar refractivity (Wildman–Crippen MR) is 58.5 cm³/mol. The molecule has 0 saturated heterocycles. The van der Waals surface area contributed by atoms with E-state index in [1.807, 2.05) is 13.8 Å². The van der Waals surface area contributed by atoms with E-state index in [0.29, 0.717) is 12.5 Å². The first-order valence-electron chi connectivity index (χ1n) is 4.96. The van der Waals surface area contributed by atoms with Gasteiger partial charge in [0.15, 0.2) is 0 Å². The zero-order valence-electron chi connectivity index (χ0n) is 9.23. The Kier molecular flexibility index (Phi) is 4.38. The molecule has 0 bridgehead atoms. The fourth-order valence-corrected chi connectivity index (χ4v) is 0.899. The Morgan fingerprint density at radius 2 is 1.88 bits per heavy atom. The molecule has 6 heteroatoms. The highest BCUT2D eigenvalue weighted by Gasteiger charge is 2.14. The van der Waals surface area contributed by atoms with E-state index in [1.165, 1.54) is 12.4 Å². The summed E-state index contributed by atoms with van der Waals surface area (Å²) < 4.78 is 0.